The summed E-state index contributed by atoms with van der Waals surface area (Å²) >= 11 is 0. The molecule has 1 radical (unpaired) electrons. The third kappa shape index (κ3) is 10.3. The Morgan fingerprint density at radius 3 is 1.29 bits per heavy atom. The molecule has 0 saturated heterocycles. The molecule has 0 unspecified atom stereocenters. The molecule has 0 fully saturated rings. The maximum absolute atomic E-state index is 5.41. The molecule has 0 atom stereocenters. The van der Waals surface area contributed by atoms with E-state index in [9.17, 15) is 0 Å². The van der Waals surface area contributed by atoms with Crippen molar-refractivity contribution in [2.75, 3.05) is 0 Å². The first kappa shape index (κ1) is 45.9. The number of hydrogen-bond acceptors (Lipinski definition) is 2. The van der Waals surface area contributed by atoms with E-state index in [4.69, 9.17) is 16.9 Å². The fourth-order valence-electron chi connectivity index (χ4n) is 11.1. The molecule has 4 nitrogen and oxygen atoms in total. The molecule has 389 valence electrons. The van der Waals surface area contributed by atoms with Crippen LogP contribution >= 0.6 is 0 Å². The van der Waals surface area contributed by atoms with Crippen LogP contribution < -0.4 is 0 Å². The van der Waals surface area contributed by atoms with Gasteiger partial charge in [-0.25, -0.2) is 4.98 Å². The monoisotopic (exact) mass is 1210 g/mol. The Balaban J connectivity index is 0.000000335. The summed E-state index contributed by atoms with van der Waals surface area (Å²) in [5.41, 5.74) is 21.4. The second kappa shape index (κ2) is 22.8. The molecule has 79 heavy (non-hydrogen) atoms. The van der Waals surface area contributed by atoms with Crippen LogP contribution in [0.25, 0.3) is 122 Å². The predicted molar refractivity (Wildman–Crippen MR) is 336 cm³/mol. The van der Waals surface area contributed by atoms with Crippen LogP contribution in [-0.2, 0) is 26.5 Å². The van der Waals surface area contributed by atoms with Crippen molar-refractivity contribution in [3.8, 4) is 78.5 Å². The Morgan fingerprint density at radius 2 is 0.835 bits per heavy atom. The van der Waals surface area contributed by atoms with Crippen LogP contribution in [0.4, 0.5) is 0 Å². The Bertz CT molecular complexity index is 4140. The van der Waals surface area contributed by atoms with E-state index in [0.29, 0.717) is 0 Å². The fraction of sp³-hybridized carbons (Fsp3) is 0.0541. The second-order valence-electron chi connectivity index (χ2n) is 19.9. The number of benzene rings is 10. The van der Waals surface area contributed by atoms with Crippen molar-refractivity contribution >= 4 is 43.6 Å². The van der Waals surface area contributed by atoms with Crippen molar-refractivity contribution in [3.63, 3.8) is 0 Å². The number of rotatable bonds is 11. The predicted octanol–water partition coefficient (Wildman–Crippen LogP) is 20.5. The minimum atomic E-state index is 0. The first-order valence-corrected chi connectivity index (χ1v) is 27.0. The number of unbranched alkanes of at least 4 members (excludes halogenated alkanes) is 1. The minimum Gasteiger partial charge on any atom is -0.309 e. The molecular weight excluding hydrogens is 1140 g/mol. The SMILES string of the molecule is CCCCc1c[c-]c(-c2ccccn2)cc1.[2H][2H].[3H][3H].[3H][3H].[3H][3H].[Ir].c1ccc(-c2cc(-c3cccc(-c4cccc(-n5c6ccccc6c6ccccc65)c4)c3)nc(-c3cccc(-c4cccc(-n5c6ccccc6c6ccccc65)c4)c3)c2)cc1. The first-order chi connectivity index (χ1) is 42.6. The molecule has 0 amide bonds. The Morgan fingerprint density at radius 1 is 0.405 bits per heavy atom. The molecule has 0 aliphatic carbocycles. The molecule has 5 heteroatoms. The van der Waals surface area contributed by atoms with Gasteiger partial charge in [-0.1, -0.05) is 202 Å². The van der Waals surface area contributed by atoms with Crippen LogP contribution in [0.3, 0.4) is 0 Å². The van der Waals surface area contributed by atoms with Gasteiger partial charge in [-0.2, -0.15) is 0 Å². The van der Waals surface area contributed by atoms with Gasteiger partial charge in [-0.05, 0) is 118 Å². The summed E-state index contributed by atoms with van der Waals surface area (Å²) in [6.07, 6.45) is 5.45. The first-order valence-electron chi connectivity index (χ1n) is 31.0. The zero-order valence-corrected chi connectivity index (χ0v) is 46.2. The molecule has 0 bridgehead atoms. The van der Waals surface area contributed by atoms with E-state index in [1.54, 1.807) is 0 Å². The van der Waals surface area contributed by atoms with Crippen LogP contribution in [-0.4, -0.2) is 19.1 Å². The topological polar surface area (TPSA) is 35.6 Å². The normalized spacial score (nSPS) is 11.6. The van der Waals surface area contributed by atoms with Crippen molar-refractivity contribution in [2.45, 2.75) is 26.2 Å². The van der Waals surface area contributed by atoms with Gasteiger partial charge in [0.2, 0.25) is 0 Å². The van der Waals surface area contributed by atoms with Crippen molar-refractivity contribution in [1.29, 1.82) is 0 Å². The molecule has 0 spiro atoms. The Labute approximate surface area is 487 Å². The summed E-state index contributed by atoms with van der Waals surface area (Å²) in [7, 11) is 0. The average molecular weight is 1210 g/mol. The molecule has 4 heterocycles. The number of hydrogen-bond donors (Lipinski definition) is 0. The van der Waals surface area contributed by atoms with E-state index in [-0.39, 0.29) is 20.1 Å². The number of nitrogens with zero attached hydrogens (tertiary/aromatic N) is 4. The molecular formula is C74H63IrN4-. The van der Waals surface area contributed by atoms with E-state index in [1.165, 1.54) is 62.0 Å². The smallest absolute Gasteiger partial charge is 0.0715 e. The van der Waals surface area contributed by atoms with Crippen LogP contribution in [0.15, 0.2) is 279 Å². The van der Waals surface area contributed by atoms with Gasteiger partial charge in [0.25, 0.3) is 0 Å². The minimum absolute atomic E-state index is 0. The van der Waals surface area contributed by atoms with E-state index in [2.05, 4.69) is 282 Å². The van der Waals surface area contributed by atoms with Gasteiger partial charge in [0.15, 0.2) is 0 Å². The summed E-state index contributed by atoms with van der Waals surface area (Å²) < 4.78 is 44.8. The maximum Gasteiger partial charge on any atom is 0.0715 e. The zero-order chi connectivity index (χ0) is 60.2. The van der Waals surface area contributed by atoms with Gasteiger partial charge in [-0.3, -0.25) is 0 Å². The van der Waals surface area contributed by atoms with E-state index >= 15 is 0 Å². The van der Waals surface area contributed by atoms with E-state index in [0.717, 1.165) is 84.9 Å². The summed E-state index contributed by atoms with van der Waals surface area (Å²) in [5.74, 6) is 0. The molecule has 4 aromatic heterocycles. The number of aryl methyl sites for hydroxylation is 1. The third-order valence-electron chi connectivity index (χ3n) is 14.9. The molecule has 0 aliphatic heterocycles. The summed E-state index contributed by atoms with van der Waals surface area (Å²) in [6, 6.07) is 101. The van der Waals surface area contributed by atoms with Crippen LogP contribution in [0.1, 0.15) is 37.2 Å². The van der Waals surface area contributed by atoms with Crippen molar-refractivity contribution in [1.82, 2.24) is 19.1 Å². The standard InChI is InChI=1S/C59H39N3.C15H16N.Ir.4H2/c1-2-16-40(17-3-1)47-38-54(45-22-12-18-41(34-45)43-20-14-24-48(36-43)61-56-30-8-4-26-50(56)51-27-5-9-31-57(51)61)60-55(39-47)46-23-13-19-42(35-46)44-21-15-25-49(37-44)62-58-32-10-6-28-52(58)53-29-7-11-33-59(53)62;1-2-3-6-13-8-10-14(11-9-13)15-7-4-5-12-16-15;;;;;/h1-39H;4-5,7-10,12H,2-3,6H2,1H3;;4*1H/q;-1;;;;;/i;;;3*1+2T;1+1D. The molecule has 10 aromatic carbocycles. The summed E-state index contributed by atoms with van der Waals surface area (Å²) in [6.45, 7) is 2.21. The quantitative estimate of drug-likeness (QED) is 0.121. The van der Waals surface area contributed by atoms with Gasteiger partial charge in [0.05, 0.1) is 33.5 Å². The largest absolute Gasteiger partial charge is 0.309 e. The van der Waals surface area contributed by atoms with Gasteiger partial charge in [-0.15, -0.1) is 35.4 Å². The van der Waals surface area contributed by atoms with Crippen molar-refractivity contribution in [3.05, 3.63) is 291 Å². The third-order valence-corrected chi connectivity index (χ3v) is 14.9. The summed E-state index contributed by atoms with van der Waals surface area (Å²) in [4.78, 5) is 9.72. The number of para-hydroxylation sites is 4. The fourth-order valence-corrected chi connectivity index (χ4v) is 11.1. The van der Waals surface area contributed by atoms with Gasteiger partial charge < -0.3 is 14.1 Å². The van der Waals surface area contributed by atoms with E-state index in [1.807, 2.05) is 24.4 Å². The van der Waals surface area contributed by atoms with Crippen molar-refractivity contribution in [2.24, 2.45) is 0 Å². The number of pyridine rings is 2. The van der Waals surface area contributed by atoms with Crippen LogP contribution in [0, 0.1) is 6.07 Å². The number of aromatic nitrogens is 4. The van der Waals surface area contributed by atoms with Crippen molar-refractivity contribution < 1.29 is 32.0 Å². The second-order valence-corrected chi connectivity index (χ2v) is 19.9. The molecule has 14 aromatic rings. The molecule has 14 rings (SSSR count). The van der Waals surface area contributed by atoms with Crippen LogP contribution in [0.2, 0.25) is 0 Å². The maximum atomic E-state index is 5.41. The summed E-state index contributed by atoms with van der Waals surface area (Å²) in [5, 5.41) is 5.03. The Hall–Kier alpha value is -9.25. The van der Waals surface area contributed by atoms with Gasteiger partial charge in [0.1, 0.15) is 0 Å². The molecule has 0 N–H and O–H groups in total. The number of fused-ring (bicyclic) bond motifs is 6. The van der Waals surface area contributed by atoms with E-state index < -0.39 is 0 Å². The molecule has 0 aliphatic rings. The van der Waals surface area contributed by atoms with Crippen LogP contribution in [0.5, 0.6) is 0 Å². The molecule has 0 saturated carbocycles. The average Bonchev–Trinajstić information content (AvgIpc) is 2.93. The Kier molecular flexibility index (Phi) is 13.2. The van der Waals surface area contributed by atoms with Gasteiger partial charge >= 0.3 is 0 Å². The zero-order valence-electron chi connectivity index (χ0n) is 51.8. The van der Waals surface area contributed by atoms with Gasteiger partial charge in [0, 0.05) is 82.2 Å².